The van der Waals surface area contributed by atoms with Gasteiger partial charge in [0, 0.05) is 32.2 Å². The van der Waals surface area contributed by atoms with Gasteiger partial charge < -0.3 is 10.6 Å². The van der Waals surface area contributed by atoms with Crippen LogP contribution in [-0.4, -0.2) is 49.6 Å². The summed E-state index contributed by atoms with van der Waals surface area (Å²) in [6.45, 7) is 5.47. The molecule has 18 heavy (non-hydrogen) atoms. The Labute approximate surface area is 111 Å². The third-order valence-electron chi connectivity index (χ3n) is 3.84. The smallest absolute Gasteiger partial charge is 0.0349 e. The monoisotopic (exact) mass is 247 g/mol. The minimum absolute atomic E-state index is 0.545. The first-order chi connectivity index (χ1) is 8.81. The average Bonchev–Trinajstić information content (AvgIpc) is 2.42. The second kappa shape index (κ2) is 6.88. The Morgan fingerprint density at radius 2 is 1.78 bits per heavy atom. The number of likely N-dealkylation sites (N-methyl/N-ethyl adjacent to an activating group) is 1. The lowest BCUT2D eigenvalue weighted by molar-refractivity contribution is 0.106. The molecule has 1 aromatic carbocycles. The Bertz CT molecular complexity index is 331. The van der Waals surface area contributed by atoms with Crippen LogP contribution in [0.2, 0.25) is 0 Å². The highest BCUT2D eigenvalue weighted by Gasteiger charge is 2.23. The van der Waals surface area contributed by atoms with E-state index in [0.717, 1.165) is 13.0 Å². The molecule has 0 spiro atoms. The van der Waals surface area contributed by atoms with Crippen LogP contribution in [-0.2, 0) is 0 Å². The fraction of sp³-hybridized carbons (Fsp3) is 0.600. The van der Waals surface area contributed by atoms with Gasteiger partial charge in [-0.25, -0.2) is 0 Å². The number of hydrogen-bond acceptors (Lipinski definition) is 3. The Morgan fingerprint density at radius 1 is 1.11 bits per heavy atom. The van der Waals surface area contributed by atoms with E-state index in [4.69, 9.17) is 5.73 Å². The zero-order chi connectivity index (χ0) is 12.8. The molecule has 0 aromatic heterocycles. The zero-order valence-electron chi connectivity index (χ0n) is 11.4. The SMILES string of the molecule is CN1CCN(C(CCCN)c2ccccc2)CC1. The van der Waals surface area contributed by atoms with Crippen LogP contribution in [0.3, 0.4) is 0 Å². The Balaban J connectivity index is 2.05. The quantitative estimate of drug-likeness (QED) is 0.860. The van der Waals surface area contributed by atoms with Crippen LogP contribution in [0.4, 0.5) is 0 Å². The predicted octanol–water partition coefficient (Wildman–Crippen LogP) is 1.71. The number of nitrogens with zero attached hydrogens (tertiary/aromatic N) is 2. The molecule has 1 aliphatic heterocycles. The molecule has 0 bridgehead atoms. The van der Waals surface area contributed by atoms with E-state index < -0.39 is 0 Å². The largest absolute Gasteiger partial charge is 0.330 e. The molecule has 1 fully saturated rings. The first-order valence-corrected chi connectivity index (χ1v) is 6.99. The van der Waals surface area contributed by atoms with Gasteiger partial charge in [-0.2, -0.15) is 0 Å². The summed E-state index contributed by atoms with van der Waals surface area (Å²) >= 11 is 0. The number of rotatable bonds is 5. The third kappa shape index (κ3) is 3.55. The Kier molecular flexibility index (Phi) is 5.17. The lowest BCUT2D eigenvalue weighted by Crippen LogP contribution is -2.46. The maximum atomic E-state index is 5.68. The van der Waals surface area contributed by atoms with Crippen molar-refractivity contribution in [2.45, 2.75) is 18.9 Å². The van der Waals surface area contributed by atoms with Gasteiger partial charge in [-0.05, 0) is 32.0 Å². The van der Waals surface area contributed by atoms with Crippen LogP contribution in [0.25, 0.3) is 0 Å². The van der Waals surface area contributed by atoms with Crippen molar-refractivity contribution in [1.82, 2.24) is 9.80 Å². The molecule has 1 unspecified atom stereocenters. The molecule has 0 aliphatic carbocycles. The maximum Gasteiger partial charge on any atom is 0.0349 e. The molecule has 1 atom stereocenters. The van der Waals surface area contributed by atoms with E-state index in [1.165, 1.54) is 38.2 Å². The van der Waals surface area contributed by atoms with Gasteiger partial charge in [0.15, 0.2) is 0 Å². The summed E-state index contributed by atoms with van der Waals surface area (Å²) in [5, 5.41) is 0. The van der Waals surface area contributed by atoms with Crippen molar-refractivity contribution in [3.8, 4) is 0 Å². The van der Waals surface area contributed by atoms with Gasteiger partial charge in [0.1, 0.15) is 0 Å². The minimum atomic E-state index is 0.545. The molecular formula is C15H25N3. The molecule has 3 heteroatoms. The Morgan fingerprint density at radius 3 is 2.39 bits per heavy atom. The standard InChI is InChI=1S/C15H25N3/c1-17-10-12-18(13-11-17)15(8-5-9-16)14-6-3-2-4-7-14/h2-4,6-7,15H,5,8-13,16H2,1H3. The van der Waals surface area contributed by atoms with E-state index in [-0.39, 0.29) is 0 Å². The summed E-state index contributed by atoms with van der Waals surface area (Å²) in [6, 6.07) is 11.4. The van der Waals surface area contributed by atoms with Crippen LogP contribution in [0.1, 0.15) is 24.4 Å². The summed E-state index contributed by atoms with van der Waals surface area (Å²) in [4.78, 5) is 5.02. The van der Waals surface area contributed by atoms with Crippen LogP contribution in [0.15, 0.2) is 30.3 Å². The van der Waals surface area contributed by atoms with E-state index >= 15 is 0 Å². The molecule has 2 N–H and O–H groups in total. The first kappa shape index (κ1) is 13.5. The number of benzene rings is 1. The lowest BCUT2D eigenvalue weighted by atomic mass is 9.99. The molecule has 0 radical (unpaired) electrons. The molecule has 1 heterocycles. The van der Waals surface area contributed by atoms with E-state index in [2.05, 4.69) is 47.2 Å². The normalized spacial score (nSPS) is 19.9. The second-order valence-corrected chi connectivity index (χ2v) is 5.20. The van der Waals surface area contributed by atoms with E-state index in [1.54, 1.807) is 0 Å². The lowest BCUT2D eigenvalue weighted by Gasteiger charge is -2.38. The number of piperazine rings is 1. The first-order valence-electron chi connectivity index (χ1n) is 6.99. The Hall–Kier alpha value is -0.900. The molecule has 2 rings (SSSR count). The zero-order valence-corrected chi connectivity index (χ0v) is 11.4. The van der Waals surface area contributed by atoms with Crippen molar-refractivity contribution in [2.24, 2.45) is 5.73 Å². The molecular weight excluding hydrogens is 222 g/mol. The summed E-state index contributed by atoms with van der Waals surface area (Å²) in [6.07, 6.45) is 2.27. The topological polar surface area (TPSA) is 32.5 Å². The van der Waals surface area contributed by atoms with Crippen LogP contribution < -0.4 is 5.73 Å². The van der Waals surface area contributed by atoms with Crippen molar-refractivity contribution in [3.05, 3.63) is 35.9 Å². The molecule has 100 valence electrons. The fourth-order valence-electron chi connectivity index (χ4n) is 2.68. The third-order valence-corrected chi connectivity index (χ3v) is 3.84. The molecule has 0 amide bonds. The van der Waals surface area contributed by atoms with Gasteiger partial charge in [0.25, 0.3) is 0 Å². The van der Waals surface area contributed by atoms with Gasteiger partial charge >= 0.3 is 0 Å². The fourth-order valence-corrected chi connectivity index (χ4v) is 2.68. The van der Waals surface area contributed by atoms with Crippen molar-refractivity contribution in [3.63, 3.8) is 0 Å². The van der Waals surface area contributed by atoms with E-state index in [9.17, 15) is 0 Å². The molecule has 1 aliphatic rings. The van der Waals surface area contributed by atoms with Gasteiger partial charge in [0.05, 0.1) is 0 Å². The van der Waals surface area contributed by atoms with E-state index in [0.29, 0.717) is 6.04 Å². The van der Waals surface area contributed by atoms with Crippen LogP contribution in [0.5, 0.6) is 0 Å². The predicted molar refractivity (Wildman–Crippen MR) is 76.5 cm³/mol. The molecule has 1 saturated heterocycles. The summed E-state index contributed by atoms with van der Waals surface area (Å²) < 4.78 is 0. The van der Waals surface area contributed by atoms with Crippen molar-refractivity contribution < 1.29 is 0 Å². The van der Waals surface area contributed by atoms with Crippen LogP contribution in [0, 0.1) is 0 Å². The highest BCUT2D eigenvalue weighted by atomic mass is 15.3. The maximum absolute atomic E-state index is 5.68. The average molecular weight is 247 g/mol. The van der Waals surface area contributed by atoms with Crippen molar-refractivity contribution >= 4 is 0 Å². The summed E-state index contributed by atoms with van der Waals surface area (Å²) in [5.74, 6) is 0. The van der Waals surface area contributed by atoms with Gasteiger partial charge in [-0.3, -0.25) is 4.90 Å². The van der Waals surface area contributed by atoms with Gasteiger partial charge in [-0.15, -0.1) is 0 Å². The van der Waals surface area contributed by atoms with Crippen molar-refractivity contribution in [1.29, 1.82) is 0 Å². The molecule has 3 nitrogen and oxygen atoms in total. The number of nitrogens with two attached hydrogens (primary N) is 1. The van der Waals surface area contributed by atoms with Gasteiger partial charge in [0.2, 0.25) is 0 Å². The second-order valence-electron chi connectivity index (χ2n) is 5.20. The summed E-state index contributed by atoms with van der Waals surface area (Å²) in [5.41, 5.74) is 7.12. The molecule has 0 saturated carbocycles. The van der Waals surface area contributed by atoms with Gasteiger partial charge in [-0.1, -0.05) is 30.3 Å². The van der Waals surface area contributed by atoms with E-state index in [1.807, 2.05) is 0 Å². The highest BCUT2D eigenvalue weighted by molar-refractivity contribution is 5.19. The molecule has 1 aromatic rings. The number of hydrogen-bond donors (Lipinski definition) is 1. The van der Waals surface area contributed by atoms with Crippen LogP contribution >= 0.6 is 0 Å². The minimum Gasteiger partial charge on any atom is -0.330 e. The van der Waals surface area contributed by atoms with Crippen molar-refractivity contribution in [2.75, 3.05) is 39.8 Å². The highest BCUT2D eigenvalue weighted by Crippen LogP contribution is 2.26. The summed E-state index contributed by atoms with van der Waals surface area (Å²) in [7, 11) is 2.20.